The summed E-state index contributed by atoms with van der Waals surface area (Å²) in [5.74, 6) is 2.23. The summed E-state index contributed by atoms with van der Waals surface area (Å²) < 4.78 is 2.29. The quantitative estimate of drug-likeness (QED) is 0.886. The second kappa shape index (κ2) is 8.12. The maximum Gasteiger partial charge on any atom is 0.253 e. The molecule has 2 aromatic rings. The lowest BCUT2D eigenvalue weighted by Crippen LogP contribution is -2.39. The van der Waals surface area contributed by atoms with Crippen LogP contribution in [0.3, 0.4) is 0 Å². The van der Waals surface area contributed by atoms with E-state index in [1.54, 1.807) is 24.3 Å². The SMILES string of the molecule is CC(=O)Nc1cccc(C(=O)N2CCCC(c3nnc4n3CCCCC4)C2)c1. The number of rotatable bonds is 3. The topological polar surface area (TPSA) is 80.1 Å². The molecule has 1 saturated heterocycles. The van der Waals surface area contributed by atoms with Crippen LogP contribution in [0, 0.1) is 0 Å². The number of benzene rings is 1. The van der Waals surface area contributed by atoms with Crippen LogP contribution in [0.1, 0.15) is 67.0 Å². The van der Waals surface area contributed by atoms with E-state index in [4.69, 9.17) is 0 Å². The molecule has 7 nitrogen and oxygen atoms in total. The van der Waals surface area contributed by atoms with Crippen LogP contribution in [0.15, 0.2) is 24.3 Å². The first-order valence-electron chi connectivity index (χ1n) is 10.2. The zero-order chi connectivity index (χ0) is 19.5. The van der Waals surface area contributed by atoms with E-state index in [2.05, 4.69) is 20.1 Å². The number of hydrogen-bond acceptors (Lipinski definition) is 4. The highest BCUT2D eigenvalue weighted by atomic mass is 16.2. The fraction of sp³-hybridized carbons (Fsp3) is 0.524. The molecule has 2 amide bonds. The summed E-state index contributed by atoms with van der Waals surface area (Å²) in [6, 6.07) is 7.15. The number of aromatic nitrogens is 3. The molecule has 1 unspecified atom stereocenters. The Labute approximate surface area is 165 Å². The minimum absolute atomic E-state index is 0.00695. The average molecular weight is 381 g/mol. The maximum absolute atomic E-state index is 13.1. The molecular weight excluding hydrogens is 354 g/mol. The van der Waals surface area contributed by atoms with Crippen molar-refractivity contribution in [3.05, 3.63) is 41.5 Å². The molecular formula is C21H27N5O2. The monoisotopic (exact) mass is 381 g/mol. The Balaban J connectivity index is 1.50. The first-order chi connectivity index (χ1) is 13.6. The highest BCUT2D eigenvalue weighted by Gasteiger charge is 2.30. The molecule has 4 rings (SSSR count). The predicted molar refractivity (Wildman–Crippen MR) is 106 cm³/mol. The van der Waals surface area contributed by atoms with Gasteiger partial charge in [-0.05, 0) is 43.9 Å². The number of carbonyl (C=O) groups is 2. The molecule has 0 bridgehead atoms. The lowest BCUT2D eigenvalue weighted by Gasteiger charge is -2.32. The van der Waals surface area contributed by atoms with Crippen molar-refractivity contribution in [2.45, 2.75) is 57.9 Å². The minimum Gasteiger partial charge on any atom is -0.338 e. The van der Waals surface area contributed by atoms with E-state index in [1.807, 2.05) is 4.90 Å². The van der Waals surface area contributed by atoms with Gasteiger partial charge in [-0.25, -0.2) is 0 Å². The van der Waals surface area contributed by atoms with Crippen molar-refractivity contribution in [1.29, 1.82) is 0 Å². The third kappa shape index (κ3) is 3.93. The molecule has 1 aromatic heterocycles. The highest BCUT2D eigenvalue weighted by molar-refractivity contribution is 5.96. The summed E-state index contributed by atoms with van der Waals surface area (Å²) in [6.45, 7) is 3.87. The maximum atomic E-state index is 13.1. The Kier molecular flexibility index (Phi) is 5.41. The van der Waals surface area contributed by atoms with E-state index in [0.29, 0.717) is 17.8 Å². The normalized spacial score (nSPS) is 19.6. The van der Waals surface area contributed by atoms with E-state index >= 15 is 0 Å². The van der Waals surface area contributed by atoms with Crippen LogP contribution < -0.4 is 5.32 Å². The number of amides is 2. The zero-order valence-electron chi connectivity index (χ0n) is 16.4. The van der Waals surface area contributed by atoms with Crippen LogP contribution in [0.5, 0.6) is 0 Å². The van der Waals surface area contributed by atoms with Gasteiger partial charge in [-0.15, -0.1) is 10.2 Å². The Morgan fingerprint density at radius 1 is 1.11 bits per heavy atom. The molecule has 148 valence electrons. The van der Waals surface area contributed by atoms with Crippen LogP contribution in [-0.4, -0.2) is 44.6 Å². The van der Waals surface area contributed by atoms with Gasteiger partial charge in [0.1, 0.15) is 11.6 Å². The van der Waals surface area contributed by atoms with Crippen molar-refractivity contribution in [1.82, 2.24) is 19.7 Å². The van der Waals surface area contributed by atoms with Crippen LogP contribution in [0.4, 0.5) is 5.69 Å². The summed E-state index contributed by atoms with van der Waals surface area (Å²) in [5, 5.41) is 11.7. The van der Waals surface area contributed by atoms with Crippen molar-refractivity contribution < 1.29 is 9.59 Å². The molecule has 0 radical (unpaired) electrons. The van der Waals surface area contributed by atoms with E-state index in [0.717, 1.165) is 44.0 Å². The number of fused-ring (bicyclic) bond motifs is 1. The van der Waals surface area contributed by atoms with Crippen molar-refractivity contribution in [2.24, 2.45) is 0 Å². The molecule has 0 spiro atoms. The molecule has 1 aromatic carbocycles. The van der Waals surface area contributed by atoms with Crippen molar-refractivity contribution in [3.8, 4) is 0 Å². The summed E-state index contributed by atoms with van der Waals surface area (Å²) in [5.41, 5.74) is 1.25. The van der Waals surface area contributed by atoms with Crippen LogP contribution in [0.25, 0.3) is 0 Å². The smallest absolute Gasteiger partial charge is 0.253 e. The lowest BCUT2D eigenvalue weighted by molar-refractivity contribution is -0.114. The average Bonchev–Trinajstić information content (AvgIpc) is 2.95. The Bertz CT molecular complexity index is 875. The largest absolute Gasteiger partial charge is 0.338 e. The number of aryl methyl sites for hydroxylation is 1. The summed E-state index contributed by atoms with van der Waals surface area (Å²) in [4.78, 5) is 26.3. The number of hydrogen-bond donors (Lipinski definition) is 1. The van der Waals surface area contributed by atoms with E-state index in [9.17, 15) is 9.59 Å². The molecule has 2 aliphatic rings. The van der Waals surface area contributed by atoms with Gasteiger partial charge in [0, 0.05) is 50.1 Å². The third-order valence-corrected chi connectivity index (χ3v) is 5.64. The number of piperidine rings is 1. The molecule has 1 N–H and O–H groups in total. The van der Waals surface area contributed by atoms with Gasteiger partial charge >= 0.3 is 0 Å². The predicted octanol–water partition coefficient (Wildman–Crippen LogP) is 2.98. The van der Waals surface area contributed by atoms with Gasteiger partial charge < -0.3 is 14.8 Å². The Hall–Kier alpha value is -2.70. The molecule has 0 saturated carbocycles. The number of nitrogens with zero attached hydrogens (tertiary/aromatic N) is 4. The first-order valence-corrected chi connectivity index (χ1v) is 10.2. The van der Waals surface area contributed by atoms with Gasteiger partial charge in [-0.1, -0.05) is 12.5 Å². The standard InChI is InChI=1S/C21H27N5O2/c1-15(27)22-18-9-5-7-16(13-18)21(28)25-11-6-8-17(14-25)20-24-23-19-10-3-2-4-12-26(19)20/h5,7,9,13,17H,2-4,6,8,10-12,14H2,1H3,(H,22,27). The number of nitrogens with one attached hydrogen (secondary N) is 1. The van der Waals surface area contributed by atoms with Crippen LogP contribution >= 0.6 is 0 Å². The van der Waals surface area contributed by atoms with Gasteiger partial charge in [-0.2, -0.15) is 0 Å². The lowest BCUT2D eigenvalue weighted by atomic mass is 9.96. The Morgan fingerprint density at radius 3 is 2.86 bits per heavy atom. The number of carbonyl (C=O) groups excluding carboxylic acids is 2. The van der Waals surface area contributed by atoms with Crippen molar-refractivity contribution in [3.63, 3.8) is 0 Å². The Morgan fingerprint density at radius 2 is 2.00 bits per heavy atom. The van der Waals surface area contributed by atoms with E-state index in [-0.39, 0.29) is 17.7 Å². The van der Waals surface area contributed by atoms with Crippen molar-refractivity contribution >= 4 is 17.5 Å². The van der Waals surface area contributed by atoms with Crippen LogP contribution in [-0.2, 0) is 17.8 Å². The number of anilines is 1. The van der Waals surface area contributed by atoms with Gasteiger partial charge in [0.15, 0.2) is 0 Å². The molecule has 1 atom stereocenters. The van der Waals surface area contributed by atoms with Crippen molar-refractivity contribution in [2.75, 3.05) is 18.4 Å². The first kappa shape index (κ1) is 18.7. The molecule has 3 heterocycles. The molecule has 0 aliphatic carbocycles. The fourth-order valence-electron chi connectivity index (χ4n) is 4.30. The van der Waals surface area contributed by atoms with E-state index in [1.165, 1.54) is 26.2 Å². The molecule has 1 fully saturated rings. The third-order valence-electron chi connectivity index (χ3n) is 5.64. The van der Waals surface area contributed by atoms with Crippen LogP contribution in [0.2, 0.25) is 0 Å². The second-order valence-corrected chi connectivity index (χ2v) is 7.79. The molecule has 2 aliphatic heterocycles. The second-order valence-electron chi connectivity index (χ2n) is 7.79. The summed E-state index contributed by atoms with van der Waals surface area (Å²) in [6.07, 6.45) is 6.58. The molecule has 7 heteroatoms. The minimum atomic E-state index is -0.143. The van der Waals surface area contributed by atoms with Gasteiger partial charge in [-0.3, -0.25) is 9.59 Å². The molecule has 28 heavy (non-hydrogen) atoms. The van der Waals surface area contributed by atoms with E-state index < -0.39 is 0 Å². The fourth-order valence-corrected chi connectivity index (χ4v) is 4.30. The van der Waals surface area contributed by atoms with Gasteiger partial charge in [0.2, 0.25) is 5.91 Å². The summed E-state index contributed by atoms with van der Waals surface area (Å²) in [7, 11) is 0. The van der Waals surface area contributed by atoms with Gasteiger partial charge in [0.25, 0.3) is 5.91 Å². The number of likely N-dealkylation sites (tertiary alicyclic amines) is 1. The highest BCUT2D eigenvalue weighted by Crippen LogP contribution is 2.29. The summed E-state index contributed by atoms with van der Waals surface area (Å²) >= 11 is 0. The van der Waals surface area contributed by atoms with Gasteiger partial charge in [0.05, 0.1) is 0 Å². The zero-order valence-corrected chi connectivity index (χ0v) is 16.4.